The van der Waals surface area contributed by atoms with E-state index >= 15 is 0 Å². The Bertz CT molecular complexity index is 275. The molecule has 0 spiro atoms. The van der Waals surface area contributed by atoms with Crippen molar-refractivity contribution in [3.63, 3.8) is 0 Å². The summed E-state index contributed by atoms with van der Waals surface area (Å²) >= 11 is 0. The molecule has 2 nitrogen and oxygen atoms in total. The molecule has 1 N–H and O–H groups in total. The highest BCUT2D eigenvalue weighted by Crippen LogP contribution is 1.95. The smallest absolute Gasteiger partial charge is 0.251 e. The lowest BCUT2D eigenvalue weighted by Gasteiger charge is -1.94. The van der Waals surface area contributed by atoms with Gasteiger partial charge in [0, 0.05) is 11.8 Å². The summed E-state index contributed by atoms with van der Waals surface area (Å²) in [6.07, 6.45) is 2.53. The molecule has 0 unspecified atom stereocenters. The van der Waals surface area contributed by atoms with Crippen molar-refractivity contribution in [1.82, 2.24) is 4.98 Å². The number of aryl methyl sites for hydroxylation is 2. The summed E-state index contributed by atoms with van der Waals surface area (Å²) in [6, 6.07) is 1.92. The van der Waals surface area contributed by atoms with Crippen LogP contribution in [0.15, 0.2) is 17.1 Å². The van der Waals surface area contributed by atoms with Crippen molar-refractivity contribution in [3.8, 4) is 0 Å². The maximum Gasteiger partial charge on any atom is 0.251 e. The van der Waals surface area contributed by atoms with Gasteiger partial charge >= 0.3 is 0 Å². The molecule has 0 bridgehead atoms. The lowest BCUT2D eigenvalue weighted by Crippen LogP contribution is -2.10. The molecule has 54 valence electrons. The van der Waals surface area contributed by atoms with E-state index in [1.54, 1.807) is 6.20 Å². The quantitative estimate of drug-likeness (QED) is 0.620. The first-order valence-electron chi connectivity index (χ1n) is 3.42. The molecule has 2 heteroatoms. The van der Waals surface area contributed by atoms with E-state index in [1.807, 2.05) is 19.9 Å². The zero-order valence-corrected chi connectivity index (χ0v) is 6.27. The van der Waals surface area contributed by atoms with Gasteiger partial charge in [-0.1, -0.05) is 6.92 Å². The van der Waals surface area contributed by atoms with Crippen LogP contribution in [0.25, 0.3) is 0 Å². The predicted octanol–water partition coefficient (Wildman–Crippen LogP) is 1.25. The summed E-state index contributed by atoms with van der Waals surface area (Å²) in [7, 11) is 0. The molecule has 1 rings (SSSR count). The zero-order chi connectivity index (χ0) is 7.56. The fraction of sp³-hybridized carbons (Fsp3) is 0.375. The molecule has 1 aromatic rings. The summed E-state index contributed by atoms with van der Waals surface area (Å²) in [4.78, 5) is 13.6. The van der Waals surface area contributed by atoms with Crippen molar-refractivity contribution < 1.29 is 0 Å². The van der Waals surface area contributed by atoms with E-state index in [2.05, 4.69) is 4.98 Å². The summed E-state index contributed by atoms with van der Waals surface area (Å²) < 4.78 is 0. The molecule has 0 aliphatic heterocycles. The van der Waals surface area contributed by atoms with Crippen LogP contribution in [0.3, 0.4) is 0 Å². The first-order chi connectivity index (χ1) is 4.74. The Morgan fingerprint density at radius 1 is 1.60 bits per heavy atom. The minimum absolute atomic E-state index is 0.0353. The molecule has 0 radical (unpaired) electrons. The summed E-state index contributed by atoms with van der Waals surface area (Å²) in [5.41, 5.74) is 2.00. The van der Waals surface area contributed by atoms with Gasteiger partial charge in [0.2, 0.25) is 0 Å². The van der Waals surface area contributed by atoms with Crippen LogP contribution in [0.4, 0.5) is 0 Å². The monoisotopic (exact) mass is 137 g/mol. The Kier molecular flexibility index (Phi) is 1.90. The molecule has 0 aliphatic carbocycles. The molecule has 1 aromatic heterocycles. The van der Waals surface area contributed by atoms with Crippen LogP contribution in [0.1, 0.15) is 18.1 Å². The Morgan fingerprint density at radius 2 is 2.30 bits per heavy atom. The van der Waals surface area contributed by atoms with Gasteiger partial charge in [-0.25, -0.2) is 0 Å². The minimum Gasteiger partial charge on any atom is -0.329 e. The van der Waals surface area contributed by atoms with Crippen LogP contribution >= 0.6 is 0 Å². The number of hydrogen-bond donors (Lipinski definition) is 1. The molecule has 0 saturated carbocycles. The Balaban J connectivity index is 3.22. The molecule has 0 atom stereocenters. The third-order valence-corrected chi connectivity index (χ3v) is 1.51. The molecule has 10 heavy (non-hydrogen) atoms. The van der Waals surface area contributed by atoms with Gasteiger partial charge in [-0.15, -0.1) is 0 Å². The Morgan fingerprint density at radius 3 is 2.80 bits per heavy atom. The molecule has 0 amide bonds. The number of aromatic amines is 1. The third-order valence-electron chi connectivity index (χ3n) is 1.51. The van der Waals surface area contributed by atoms with Crippen molar-refractivity contribution in [3.05, 3.63) is 33.7 Å². The molecule has 0 saturated heterocycles. The van der Waals surface area contributed by atoms with Crippen LogP contribution in [-0.4, -0.2) is 4.98 Å². The lowest BCUT2D eigenvalue weighted by atomic mass is 10.2. The van der Waals surface area contributed by atoms with Gasteiger partial charge in [0.15, 0.2) is 0 Å². The third kappa shape index (κ3) is 1.26. The van der Waals surface area contributed by atoms with E-state index < -0.39 is 0 Å². The number of aromatic nitrogens is 1. The fourth-order valence-corrected chi connectivity index (χ4v) is 0.917. The summed E-state index contributed by atoms with van der Waals surface area (Å²) in [5.74, 6) is 0. The second-order valence-electron chi connectivity index (χ2n) is 2.38. The molecule has 0 aromatic carbocycles. The number of nitrogens with one attached hydrogen (secondary N) is 1. The van der Waals surface area contributed by atoms with Crippen LogP contribution in [-0.2, 0) is 6.42 Å². The number of hydrogen-bond acceptors (Lipinski definition) is 1. The number of H-pyrrole nitrogens is 1. The van der Waals surface area contributed by atoms with E-state index in [0.29, 0.717) is 0 Å². The standard InChI is InChI=1S/C8H11NO/c1-3-7-4-6(2)5-9-8(7)10/h4-5H,3H2,1-2H3,(H,9,10). The van der Waals surface area contributed by atoms with Crippen molar-refractivity contribution >= 4 is 0 Å². The van der Waals surface area contributed by atoms with Crippen molar-refractivity contribution in [2.75, 3.05) is 0 Å². The lowest BCUT2D eigenvalue weighted by molar-refractivity contribution is 1.05. The summed E-state index contributed by atoms with van der Waals surface area (Å²) in [5, 5.41) is 0. The average molecular weight is 137 g/mol. The maximum absolute atomic E-state index is 10.9. The van der Waals surface area contributed by atoms with Gasteiger partial charge in [0.1, 0.15) is 0 Å². The van der Waals surface area contributed by atoms with E-state index in [0.717, 1.165) is 17.5 Å². The first-order valence-corrected chi connectivity index (χ1v) is 3.42. The molecule has 1 heterocycles. The molecule has 0 aliphatic rings. The van der Waals surface area contributed by atoms with Gasteiger partial charge in [-0.2, -0.15) is 0 Å². The van der Waals surface area contributed by atoms with Gasteiger partial charge in [-0.3, -0.25) is 4.79 Å². The largest absolute Gasteiger partial charge is 0.329 e. The van der Waals surface area contributed by atoms with E-state index in [9.17, 15) is 4.79 Å². The van der Waals surface area contributed by atoms with E-state index in [4.69, 9.17) is 0 Å². The number of rotatable bonds is 1. The van der Waals surface area contributed by atoms with Crippen molar-refractivity contribution in [2.45, 2.75) is 20.3 Å². The highest BCUT2D eigenvalue weighted by Gasteiger charge is 1.94. The van der Waals surface area contributed by atoms with Gasteiger partial charge in [0.25, 0.3) is 5.56 Å². The topological polar surface area (TPSA) is 32.9 Å². The Hall–Kier alpha value is -1.05. The van der Waals surface area contributed by atoms with Gasteiger partial charge in [0.05, 0.1) is 0 Å². The molecular weight excluding hydrogens is 126 g/mol. The van der Waals surface area contributed by atoms with E-state index in [1.165, 1.54) is 0 Å². The number of pyridine rings is 1. The molecule has 0 fully saturated rings. The zero-order valence-electron chi connectivity index (χ0n) is 6.27. The second kappa shape index (κ2) is 2.69. The predicted molar refractivity (Wildman–Crippen MR) is 41.2 cm³/mol. The van der Waals surface area contributed by atoms with Crippen LogP contribution in [0.5, 0.6) is 0 Å². The normalized spacial score (nSPS) is 9.80. The first kappa shape index (κ1) is 7.06. The average Bonchev–Trinajstić information content (AvgIpc) is 1.94. The van der Waals surface area contributed by atoms with Crippen LogP contribution in [0, 0.1) is 6.92 Å². The van der Waals surface area contributed by atoms with Crippen molar-refractivity contribution in [1.29, 1.82) is 0 Å². The second-order valence-corrected chi connectivity index (χ2v) is 2.38. The van der Waals surface area contributed by atoms with Crippen LogP contribution < -0.4 is 5.56 Å². The summed E-state index contributed by atoms with van der Waals surface area (Å²) in [6.45, 7) is 3.94. The van der Waals surface area contributed by atoms with Gasteiger partial charge in [-0.05, 0) is 25.0 Å². The van der Waals surface area contributed by atoms with Crippen LogP contribution in [0.2, 0.25) is 0 Å². The fourth-order valence-electron chi connectivity index (χ4n) is 0.917. The van der Waals surface area contributed by atoms with E-state index in [-0.39, 0.29) is 5.56 Å². The maximum atomic E-state index is 10.9. The molecular formula is C8H11NO. The highest BCUT2D eigenvalue weighted by molar-refractivity contribution is 5.16. The highest BCUT2D eigenvalue weighted by atomic mass is 16.1. The Labute approximate surface area is 59.9 Å². The SMILES string of the molecule is CCc1cc(C)c[nH]c1=O. The minimum atomic E-state index is 0.0353. The van der Waals surface area contributed by atoms with Crippen molar-refractivity contribution in [2.24, 2.45) is 0 Å². The van der Waals surface area contributed by atoms with Gasteiger partial charge < -0.3 is 4.98 Å².